The van der Waals surface area contributed by atoms with Crippen molar-refractivity contribution >= 4 is 17.5 Å². The molecule has 1 atom stereocenters. The minimum absolute atomic E-state index is 0.194. The third kappa shape index (κ3) is 6.37. The highest BCUT2D eigenvalue weighted by molar-refractivity contribution is 5.85. The lowest BCUT2D eigenvalue weighted by molar-refractivity contribution is -0.147. The highest BCUT2D eigenvalue weighted by Gasteiger charge is 2.23. The summed E-state index contributed by atoms with van der Waals surface area (Å²) in [6, 6.07) is 16.3. The van der Waals surface area contributed by atoms with Crippen LogP contribution >= 0.6 is 0 Å². The van der Waals surface area contributed by atoms with E-state index < -0.39 is 12.0 Å². The number of aryl methyl sites for hydroxylation is 2. The number of nitrogens with zero attached hydrogens (tertiary/aromatic N) is 3. The smallest absolute Gasteiger partial charge is 0.328 e. The number of carbonyl (C=O) groups excluding carboxylic acids is 2. The second-order valence-corrected chi connectivity index (χ2v) is 9.19. The number of nitrogens with one attached hydrogen (secondary N) is 1. The molecule has 2 aromatic heterocycles. The SMILES string of the molecule is CCOC(=O)C(Cc1ccccc1)NC(=O)CCc1c(C)nc2cc(-c3ccc(OC)cc3OC)nn2c1C. The first-order valence-electron chi connectivity index (χ1n) is 12.9. The van der Waals surface area contributed by atoms with Crippen LogP contribution in [0.2, 0.25) is 0 Å². The topological polar surface area (TPSA) is 104 Å². The molecule has 1 amide bonds. The van der Waals surface area contributed by atoms with Crippen molar-refractivity contribution in [3.05, 3.63) is 77.1 Å². The fourth-order valence-corrected chi connectivity index (χ4v) is 4.62. The maximum Gasteiger partial charge on any atom is 0.328 e. The molecule has 4 rings (SSSR count). The molecule has 204 valence electrons. The minimum Gasteiger partial charge on any atom is -0.497 e. The van der Waals surface area contributed by atoms with Gasteiger partial charge < -0.3 is 19.5 Å². The van der Waals surface area contributed by atoms with Crippen LogP contribution in [0.1, 0.15) is 35.9 Å². The zero-order valence-corrected chi connectivity index (χ0v) is 23.0. The second-order valence-electron chi connectivity index (χ2n) is 9.19. The van der Waals surface area contributed by atoms with Gasteiger partial charge in [0, 0.05) is 41.9 Å². The number of fused-ring (bicyclic) bond motifs is 1. The third-order valence-corrected chi connectivity index (χ3v) is 6.64. The van der Waals surface area contributed by atoms with Crippen LogP contribution < -0.4 is 14.8 Å². The lowest BCUT2D eigenvalue weighted by Gasteiger charge is -2.18. The van der Waals surface area contributed by atoms with E-state index in [1.165, 1.54) is 0 Å². The Labute approximate surface area is 228 Å². The van der Waals surface area contributed by atoms with Gasteiger partial charge in [0.1, 0.15) is 17.5 Å². The lowest BCUT2D eigenvalue weighted by Crippen LogP contribution is -2.43. The van der Waals surface area contributed by atoms with E-state index in [1.807, 2.05) is 68.4 Å². The molecule has 0 bridgehead atoms. The van der Waals surface area contributed by atoms with Crippen LogP contribution in [0.4, 0.5) is 0 Å². The largest absolute Gasteiger partial charge is 0.497 e. The van der Waals surface area contributed by atoms with Crippen LogP contribution in [-0.2, 0) is 27.2 Å². The van der Waals surface area contributed by atoms with Gasteiger partial charge in [-0.2, -0.15) is 5.10 Å². The predicted molar refractivity (Wildman–Crippen MR) is 148 cm³/mol. The summed E-state index contributed by atoms with van der Waals surface area (Å²) in [4.78, 5) is 30.2. The monoisotopic (exact) mass is 530 g/mol. The molecule has 1 N–H and O–H groups in total. The van der Waals surface area contributed by atoms with Gasteiger partial charge in [-0.3, -0.25) is 4.79 Å². The average Bonchev–Trinajstić information content (AvgIpc) is 3.36. The summed E-state index contributed by atoms with van der Waals surface area (Å²) in [7, 11) is 3.22. The van der Waals surface area contributed by atoms with E-state index in [-0.39, 0.29) is 18.9 Å². The molecule has 0 aliphatic carbocycles. The molecule has 0 saturated carbocycles. The summed E-state index contributed by atoms with van der Waals surface area (Å²) in [6.45, 7) is 5.89. The first-order chi connectivity index (χ1) is 18.8. The zero-order chi connectivity index (χ0) is 27.9. The zero-order valence-electron chi connectivity index (χ0n) is 23.0. The molecule has 0 saturated heterocycles. The quantitative estimate of drug-likeness (QED) is 0.289. The summed E-state index contributed by atoms with van der Waals surface area (Å²) >= 11 is 0. The van der Waals surface area contributed by atoms with Gasteiger partial charge in [-0.05, 0) is 50.5 Å². The summed E-state index contributed by atoms with van der Waals surface area (Å²) < 4.78 is 17.9. The van der Waals surface area contributed by atoms with Gasteiger partial charge in [0.2, 0.25) is 5.91 Å². The number of aromatic nitrogens is 3. The molecule has 0 radical (unpaired) electrons. The maximum atomic E-state index is 12.9. The van der Waals surface area contributed by atoms with E-state index >= 15 is 0 Å². The molecular weight excluding hydrogens is 496 g/mol. The normalized spacial score (nSPS) is 11.7. The summed E-state index contributed by atoms with van der Waals surface area (Å²) in [5, 5.41) is 7.65. The molecule has 0 spiro atoms. The number of carbonyl (C=O) groups is 2. The Morgan fingerprint density at radius 2 is 1.79 bits per heavy atom. The number of methoxy groups -OCH3 is 2. The standard InChI is InChI=1S/C30H34N4O5/c1-6-39-30(36)26(16-21-10-8-7-9-11-21)32-29(35)15-14-23-19(2)31-28-18-25(33-34(28)20(23)3)24-13-12-22(37-4)17-27(24)38-5/h7-13,17-18,26H,6,14-16H2,1-5H3,(H,32,35). The molecular formula is C30H34N4O5. The number of hydrogen-bond acceptors (Lipinski definition) is 7. The molecule has 0 aliphatic rings. The van der Waals surface area contributed by atoms with Crippen LogP contribution in [-0.4, -0.2) is 53.3 Å². The van der Waals surface area contributed by atoms with Gasteiger partial charge >= 0.3 is 5.97 Å². The van der Waals surface area contributed by atoms with Crippen molar-refractivity contribution in [3.8, 4) is 22.8 Å². The number of hydrogen-bond donors (Lipinski definition) is 1. The Bertz CT molecular complexity index is 1470. The molecule has 1 unspecified atom stereocenters. The van der Waals surface area contributed by atoms with Crippen molar-refractivity contribution in [2.75, 3.05) is 20.8 Å². The van der Waals surface area contributed by atoms with Crippen molar-refractivity contribution in [2.24, 2.45) is 0 Å². The number of amides is 1. The van der Waals surface area contributed by atoms with Crippen molar-refractivity contribution in [2.45, 2.75) is 46.1 Å². The van der Waals surface area contributed by atoms with E-state index in [9.17, 15) is 9.59 Å². The van der Waals surface area contributed by atoms with Gasteiger partial charge in [0.15, 0.2) is 5.65 Å². The molecule has 4 aromatic rings. The fraction of sp³-hybridized carbons (Fsp3) is 0.333. The van der Waals surface area contributed by atoms with Gasteiger partial charge in [-0.25, -0.2) is 14.3 Å². The summed E-state index contributed by atoms with van der Waals surface area (Å²) in [5.41, 5.74) is 5.85. The number of rotatable bonds is 11. The van der Waals surface area contributed by atoms with Crippen molar-refractivity contribution in [1.82, 2.24) is 19.9 Å². The minimum atomic E-state index is -0.754. The Kier molecular flexibility index (Phi) is 8.81. The van der Waals surface area contributed by atoms with E-state index in [0.717, 1.165) is 33.8 Å². The van der Waals surface area contributed by atoms with Crippen molar-refractivity contribution < 1.29 is 23.8 Å². The Balaban J connectivity index is 1.52. The number of benzene rings is 2. The van der Waals surface area contributed by atoms with Crippen molar-refractivity contribution in [3.63, 3.8) is 0 Å². The van der Waals surface area contributed by atoms with E-state index in [4.69, 9.17) is 24.3 Å². The molecule has 39 heavy (non-hydrogen) atoms. The highest BCUT2D eigenvalue weighted by Crippen LogP contribution is 2.33. The Hall–Kier alpha value is -4.40. The Morgan fingerprint density at radius 3 is 2.49 bits per heavy atom. The molecule has 9 nitrogen and oxygen atoms in total. The summed E-state index contributed by atoms with van der Waals surface area (Å²) in [5.74, 6) is 0.671. The van der Waals surface area contributed by atoms with Crippen LogP contribution in [0.3, 0.4) is 0 Å². The average molecular weight is 531 g/mol. The molecule has 0 aliphatic heterocycles. The lowest BCUT2D eigenvalue weighted by atomic mass is 10.0. The van der Waals surface area contributed by atoms with Gasteiger partial charge in [0.05, 0.1) is 26.5 Å². The van der Waals surface area contributed by atoms with E-state index in [0.29, 0.717) is 30.0 Å². The number of ether oxygens (including phenoxy) is 3. The molecule has 9 heteroatoms. The maximum absolute atomic E-state index is 12.9. The Morgan fingerprint density at radius 1 is 1.03 bits per heavy atom. The van der Waals surface area contributed by atoms with Crippen LogP contribution in [0.15, 0.2) is 54.6 Å². The van der Waals surface area contributed by atoms with Gasteiger partial charge in [-0.15, -0.1) is 0 Å². The first kappa shape index (κ1) is 27.6. The second kappa shape index (κ2) is 12.4. The highest BCUT2D eigenvalue weighted by atomic mass is 16.5. The van der Waals surface area contributed by atoms with E-state index in [2.05, 4.69) is 5.32 Å². The predicted octanol–water partition coefficient (Wildman–Crippen LogP) is 4.25. The van der Waals surface area contributed by atoms with Crippen molar-refractivity contribution in [1.29, 1.82) is 0 Å². The van der Waals surface area contributed by atoms with Gasteiger partial charge in [-0.1, -0.05) is 30.3 Å². The third-order valence-electron chi connectivity index (χ3n) is 6.64. The molecule has 2 aromatic carbocycles. The van der Waals surface area contributed by atoms with Crippen LogP contribution in [0, 0.1) is 13.8 Å². The number of esters is 1. The van der Waals surface area contributed by atoms with Gasteiger partial charge in [0.25, 0.3) is 0 Å². The first-order valence-corrected chi connectivity index (χ1v) is 12.9. The molecule has 0 fully saturated rings. The summed E-state index contributed by atoms with van der Waals surface area (Å²) in [6.07, 6.45) is 1.01. The molecule has 2 heterocycles. The van der Waals surface area contributed by atoms with Crippen LogP contribution in [0.25, 0.3) is 16.9 Å². The van der Waals surface area contributed by atoms with E-state index in [1.54, 1.807) is 25.7 Å². The van der Waals surface area contributed by atoms with Crippen LogP contribution in [0.5, 0.6) is 11.5 Å². The fourth-order valence-electron chi connectivity index (χ4n) is 4.62.